The van der Waals surface area contributed by atoms with Gasteiger partial charge in [0.2, 0.25) is 0 Å². The van der Waals surface area contributed by atoms with E-state index in [0.29, 0.717) is 6.54 Å². The standard InChI is InChI=1S/C13H16BrNO2/c14-11-4-1-3-10(7-11)13(16)9-15-8-12-5-2-6-17-12/h1,3-4,7,12,15H,2,5-6,8-9H2/t12-/m0/s1. The second-order valence-electron chi connectivity index (χ2n) is 4.20. The predicted molar refractivity (Wildman–Crippen MR) is 70.3 cm³/mol. The molecule has 1 fully saturated rings. The van der Waals surface area contributed by atoms with Crippen LogP contribution in [0.1, 0.15) is 23.2 Å². The summed E-state index contributed by atoms with van der Waals surface area (Å²) in [6.45, 7) is 1.99. The number of Topliss-reactive ketones (excluding diaryl/α,β-unsaturated/α-hetero) is 1. The number of ether oxygens (including phenoxy) is 1. The molecular formula is C13H16BrNO2. The number of ketones is 1. The van der Waals surface area contributed by atoms with E-state index in [2.05, 4.69) is 21.2 Å². The van der Waals surface area contributed by atoms with Crippen molar-refractivity contribution >= 4 is 21.7 Å². The van der Waals surface area contributed by atoms with Gasteiger partial charge in [0.05, 0.1) is 12.6 Å². The van der Waals surface area contributed by atoms with Crippen LogP contribution in [0, 0.1) is 0 Å². The second-order valence-corrected chi connectivity index (χ2v) is 5.12. The van der Waals surface area contributed by atoms with E-state index in [4.69, 9.17) is 4.74 Å². The molecule has 1 heterocycles. The highest BCUT2D eigenvalue weighted by Gasteiger charge is 2.15. The third-order valence-corrected chi connectivity index (χ3v) is 3.32. The summed E-state index contributed by atoms with van der Waals surface area (Å²) in [5, 5.41) is 3.16. The summed E-state index contributed by atoms with van der Waals surface area (Å²) in [5.41, 5.74) is 0.735. The van der Waals surface area contributed by atoms with Gasteiger partial charge >= 0.3 is 0 Å². The van der Waals surface area contributed by atoms with Crippen molar-refractivity contribution in [2.24, 2.45) is 0 Å². The van der Waals surface area contributed by atoms with E-state index >= 15 is 0 Å². The van der Waals surface area contributed by atoms with Crippen molar-refractivity contribution in [3.05, 3.63) is 34.3 Å². The summed E-state index contributed by atoms with van der Waals surface area (Å²) >= 11 is 3.36. The van der Waals surface area contributed by atoms with Gasteiger partial charge in [-0.1, -0.05) is 28.1 Å². The van der Waals surface area contributed by atoms with Crippen molar-refractivity contribution in [2.75, 3.05) is 19.7 Å². The van der Waals surface area contributed by atoms with E-state index in [1.165, 1.54) is 0 Å². The zero-order valence-electron chi connectivity index (χ0n) is 9.62. The molecule has 0 bridgehead atoms. The molecule has 1 aromatic rings. The molecule has 17 heavy (non-hydrogen) atoms. The van der Waals surface area contributed by atoms with Crippen LogP contribution in [0.3, 0.4) is 0 Å². The fraction of sp³-hybridized carbons (Fsp3) is 0.462. The number of hydrogen-bond donors (Lipinski definition) is 1. The number of carbonyl (C=O) groups is 1. The molecule has 1 aliphatic rings. The summed E-state index contributed by atoms with van der Waals surface area (Å²) in [4.78, 5) is 11.8. The van der Waals surface area contributed by atoms with E-state index < -0.39 is 0 Å². The lowest BCUT2D eigenvalue weighted by atomic mass is 10.1. The molecule has 1 N–H and O–H groups in total. The lowest BCUT2D eigenvalue weighted by Gasteiger charge is -2.10. The van der Waals surface area contributed by atoms with Gasteiger partial charge in [-0.25, -0.2) is 0 Å². The fourth-order valence-corrected chi connectivity index (χ4v) is 2.32. The van der Waals surface area contributed by atoms with Crippen molar-refractivity contribution in [1.29, 1.82) is 0 Å². The van der Waals surface area contributed by atoms with Crippen molar-refractivity contribution in [1.82, 2.24) is 5.32 Å². The number of nitrogens with one attached hydrogen (secondary N) is 1. The Hall–Kier alpha value is -0.710. The molecule has 0 saturated carbocycles. The van der Waals surface area contributed by atoms with Gasteiger partial charge in [0.1, 0.15) is 0 Å². The first kappa shape index (κ1) is 12.7. The van der Waals surface area contributed by atoms with Crippen molar-refractivity contribution in [3.63, 3.8) is 0 Å². The molecule has 0 aromatic heterocycles. The Morgan fingerprint density at radius 3 is 3.12 bits per heavy atom. The minimum atomic E-state index is 0.115. The van der Waals surface area contributed by atoms with Gasteiger partial charge < -0.3 is 10.1 Å². The molecule has 1 aromatic carbocycles. The van der Waals surface area contributed by atoms with E-state index in [-0.39, 0.29) is 11.9 Å². The first-order valence-corrected chi connectivity index (χ1v) is 6.66. The average molecular weight is 298 g/mol. The van der Waals surface area contributed by atoms with E-state index in [0.717, 1.165) is 36.0 Å². The summed E-state index contributed by atoms with van der Waals surface area (Å²) in [6.07, 6.45) is 2.51. The van der Waals surface area contributed by atoms with E-state index in [1.54, 1.807) is 0 Å². The summed E-state index contributed by atoms with van der Waals surface area (Å²) < 4.78 is 6.41. The molecule has 1 atom stereocenters. The maximum absolute atomic E-state index is 11.8. The lowest BCUT2D eigenvalue weighted by molar-refractivity contribution is 0.0955. The first-order chi connectivity index (χ1) is 8.25. The Bertz CT molecular complexity index is 389. The highest BCUT2D eigenvalue weighted by molar-refractivity contribution is 9.10. The Morgan fingerprint density at radius 1 is 1.53 bits per heavy atom. The SMILES string of the molecule is O=C(CNC[C@@H]1CCCO1)c1cccc(Br)c1. The van der Waals surface area contributed by atoms with Gasteiger partial charge in [0.25, 0.3) is 0 Å². The van der Waals surface area contributed by atoms with E-state index in [1.807, 2.05) is 24.3 Å². The molecule has 0 aliphatic carbocycles. The normalized spacial score (nSPS) is 19.5. The number of rotatable bonds is 5. The molecule has 0 amide bonds. The molecule has 0 spiro atoms. The molecule has 1 saturated heterocycles. The molecule has 92 valence electrons. The topological polar surface area (TPSA) is 38.3 Å². The summed E-state index contributed by atoms with van der Waals surface area (Å²) in [7, 11) is 0. The number of halogens is 1. The quantitative estimate of drug-likeness (QED) is 0.848. The largest absolute Gasteiger partial charge is 0.377 e. The zero-order valence-corrected chi connectivity index (χ0v) is 11.2. The maximum Gasteiger partial charge on any atom is 0.176 e. The fourth-order valence-electron chi connectivity index (χ4n) is 1.92. The number of hydrogen-bond acceptors (Lipinski definition) is 3. The van der Waals surface area contributed by atoms with Crippen LogP contribution in [0.2, 0.25) is 0 Å². The van der Waals surface area contributed by atoms with Gasteiger partial charge in [0.15, 0.2) is 5.78 Å². The predicted octanol–water partition coefficient (Wildman–Crippen LogP) is 2.40. The third-order valence-electron chi connectivity index (χ3n) is 2.83. The Kier molecular flexibility index (Phi) is 4.71. The first-order valence-electron chi connectivity index (χ1n) is 5.87. The van der Waals surface area contributed by atoms with Gasteiger partial charge in [-0.3, -0.25) is 4.79 Å². The van der Waals surface area contributed by atoms with Crippen LogP contribution in [0.4, 0.5) is 0 Å². The molecule has 2 rings (SSSR count). The molecule has 0 radical (unpaired) electrons. The monoisotopic (exact) mass is 297 g/mol. The molecule has 1 aliphatic heterocycles. The zero-order chi connectivity index (χ0) is 12.1. The molecular weight excluding hydrogens is 282 g/mol. The second kappa shape index (κ2) is 6.28. The lowest BCUT2D eigenvalue weighted by Crippen LogP contribution is -2.30. The van der Waals surface area contributed by atoms with Gasteiger partial charge in [-0.05, 0) is 25.0 Å². The maximum atomic E-state index is 11.8. The highest BCUT2D eigenvalue weighted by atomic mass is 79.9. The smallest absolute Gasteiger partial charge is 0.176 e. The van der Waals surface area contributed by atoms with Crippen LogP contribution >= 0.6 is 15.9 Å². The molecule has 4 heteroatoms. The van der Waals surface area contributed by atoms with Crippen molar-refractivity contribution < 1.29 is 9.53 Å². The average Bonchev–Trinajstić information content (AvgIpc) is 2.82. The van der Waals surface area contributed by atoms with Crippen LogP contribution in [-0.4, -0.2) is 31.6 Å². The van der Waals surface area contributed by atoms with Gasteiger partial charge in [-0.15, -0.1) is 0 Å². The Labute approximate surface area is 110 Å². The highest BCUT2D eigenvalue weighted by Crippen LogP contribution is 2.12. The van der Waals surface area contributed by atoms with Gasteiger partial charge in [-0.2, -0.15) is 0 Å². The Balaban J connectivity index is 1.77. The minimum absolute atomic E-state index is 0.115. The van der Waals surface area contributed by atoms with Crippen LogP contribution in [0.5, 0.6) is 0 Å². The van der Waals surface area contributed by atoms with Crippen LogP contribution in [0.15, 0.2) is 28.7 Å². The minimum Gasteiger partial charge on any atom is -0.377 e. The number of benzene rings is 1. The van der Waals surface area contributed by atoms with Crippen LogP contribution in [0.25, 0.3) is 0 Å². The molecule has 0 unspecified atom stereocenters. The van der Waals surface area contributed by atoms with Crippen molar-refractivity contribution in [2.45, 2.75) is 18.9 Å². The summed E-state index contributed by atoms with van der Waals surface area (Å²) in [5.74, 6) is 0.115. The van der Waals surface area contributed by atoms with Crippen molar-refractivity contribution in [3.8, 4) is 0 Å². The van der Waals surface area contributed by atoms with Crippen LogP contribution in [-0.2, 0) is 4.74 Å². The summed E-state index contributed by atoms with van der Waals surface area (Å²) in [6, 6.07) is 7.46. The number of carbonyl (C=O) groups excluding carboxylic acids is 1. The third kappa shape index (κ3) is 3.91. The van der Waals surface area contributed by atoms with E-state index in [9.17, 15) is 4.79 Å². The van der Waals surface area contributed by atoms with Gasteiger partial charge in [0, 0.05) is 23.2 Å². The molecule has 3 nitrogen and oxygen atoms in total. The van der Waals surface area contributed by atoms with Crippen LogP contribution < -0.4 is 5.32 Å². The Morgan fingerprint density at radius 2 is 2.41 bits per heavy atom.